The largest absolute Gasteiger partial charge is 0.464 e. The highest BCUT2D eigenvalue weighted by atomic mass is 35.5. The van der Waals surface area contributed by atoms with Crippen molar-refractivity contribution in [3.8, 4) is 11.3 Å². The Labute approximate surface area is 103 Å². The van der Waals surface area contributed by atoms with E-state index in [2.05, 4.69) is 14.7 Å². The number of halogens is 1. The summed E-state index contributed by atoms with van der Waals surface area (Å²) in [7, 11) is 3.11. The minimum Gasteiger partial charge on any atom is -0.464 e. The van der Waals surface area contributed by atoms with E-state index in [4.69, 9.17) is 11.6 Å². The smallest absolute Gasteiger partial charge is 0.354 e. The molecule has 0 N–H and O–H groups in total. The van der Waals surface area contributed by atoms with Gasteiger partial charge >= 0.3 is 5.97 Å². The first kappa shape index (κ1) is 11.6. The Kier molecular flexibility index (Phi) is 3.10. The van der Waals surface area contributed by atoms with Crippen molar-refractivity contribution in [3.05, 3.63) is 35.5 Å². The van der Waals surface area contributed by atoms with Crippen LogP contribution in [0.2, 0.25) is 5.28 Å². The highest BCUT2D eigenvalue weighted by Crippen LogP contribution is 2.20. The van der Waals surface area contributed by atoms with Crippen molar-refractivity contribution < 1.29 is 9.53 Å². The summed E-state index contributed by atoms with van der Waals surface area (Å²) < 4.78 is 6.35. The van der Waals surface area contributed by atoms with Crippen LogP contribution in [0, 0.1) is 0 Å². The zero-order valence-electron chi connectivity index (χ0n) is 9.35. The third-order valence-electron chi connectivity index (χ3n) is 2.32. The molecule has 0 fully saturated rings. The van der Waals surface area contributed by atoms with Crippen LogP contribution < -0.4 is 0 Å². The summed E-state index contributed by atoms with van der Waals surface area (Å²) in [6, 6.07) is 3.42. The van der Waals surface area contributed by atoms with Gasteiger partial charge in [-0.25, -0.2) is 14.8 Å². The first-order chi connectivity index (χ1) is 8.11. The normalized spacial score (nSPS) is 10.3. The van der Waals surface area contributed by atoms with Crippen LogP contribution >= 0.6 is 11.6 Å². The number of ether oxygens (including phenoxy) is 1. The molecule has 2 rings (SSSR count). The predicted octanol–water partition coefficient (Wildman–Crippen LogP) is 1.92. The van der Waals surface area contributed by atoms with Crippen LogP contribution in [-0.4, -0.2) is 27.6 Å². The summed E-state index contributed by atoms with van der Waals surface area (Å²) in [6.07, 6.45) is 3.35. The Hall–Kier alpha value is -1.88. The second-order valence-electron chi connectivity index (χ2n) is 3.43. The minimum atomic E-state index is -0.390. The van der Waals surface area contributed by atoms with Crippen molar-refractivity contribution in [1.82, 2.24) is 14.5 Å². The van der Waals surface area contributed by atoms with Gasteiger partial charge in [0.1, 0.15) is 5.69 Å². The Balaban J connectivity index is 2.44. The molecular formula is C11H10ClN3O2. The highest BCUT2D eigenvalue weighted by Gasteiger charge is 2.13. The third-order valence-corrected chi connectivity index (χ3v) is 2.50. The molecule has 0 amide bonds. The maximum absolute atomic E-state index is 11.4. The molecule has 17 heavy (non-hydrogen) atoms. The molecule has 0 aliphatic carbocycles. The molecule has 2 aromatic heterocycles. The van der Waals surface area contributed by atoms with Gasteiger partial charge in [0, 0.05) is 25.0 Å². The van der Waals surface area contributed by atoms with Gasteiger partial charge in [-0.05, 0) is 23.7 Å². The minimum absolute atomic E-state index is 0.172. The topological polar surface area (TPSA) is 57.0 Å². The van der Waals surface area contributed by atoms with Crippen LogP contribution in [-0.2, 0) is 11.8 Å². The van der Waals surface area contributed by atoms with Crippen LogP contribution in [0.1, 0.15) is 10.5 Å². The monoisotopic (exact) mass is 251 g/mol. The van der Waals surface area contributed by atoms with E-state index in [1.54, 1.807) is 36.1 Å². The van der Waals surface area contributed by atoms with Crippen LogP contribution in [0.25, 0.3) is 11.3 Å². The lowest BCUT2D eigenvalue weighted by atomic mass is 10.2. The second kappa shape index (κ2) is 4.55. The van der Waals surface area contributed by atoms with Gasteiger partial charge in [-0.2, -0.15) is 0 Å². The van der Waals surface area contributed by atoms with E-state index in [0.29, 0.717) is 11.4 Å². The van der Waals surface area contributed by atoms with Gasteiger partial charge in [0.2, 0.25) is 5.28 Å². The van der Waals surface area contributed by atoms with E-state index in [1.807, 2.05) is 0 Å². The zero-order valence-corrected chi connectivity index (χ0v) is 10.1. The fourth-order valence-electron chi connectivity index (χ4n) is 1.51. The summed E-state index contributed by atoms with van der Waals surface area (Å²) in [5.41, 5.74) is 1.91. The zero-order chi connectivity index (χ0) is 12.4. The average Bonchev–Trinajstić information content (AvgIpc) is 2.70. The quantitative estimate of drug-likeness (QED) is 0.604. The number of carbonyl (C=O) groups is 1. The van der Waals surface area contributed by atoms with Crippen LogP contribution in [0.15, 0.2) is 24.5 Å². The molecule has 0 aliphatic heterocycles. The molecule has 0 saturated heterocycles. The maximum Gasteiger partial charge on any atom is 0.354 e. The molecule has 0 bridgehead atoms. The molecule has 0 saturated carbocycles. The second-order valence-corrected chi connectivity index (χ2v) is 3.77. The van der Waals surface area contributed by atoms with E-state index < -0.39 is 0 Å². The number of aryl methyl sites for hydroxylation is 1. The molecule has 6 heteroatoms. The predicted molar refractivity (Wildman–Crippen MR) is 62.8 cm³/mol. The van der Waals surface area contributed by atoms with E-state index in [1.165, 1.54) is 7.11 Å². The summed E-state index contributed by atoms with van der Waals surface area (Å²) in [6.45, 7) is 0. The summed E-state index contributed by atoms with van der Waals surface area (Å²) in [4.78, 5) is 19.3. The van der Waals surface area contributed by atoms with Gasteiger partial charge in [0.15, 0.2) is 0 Å². The van der Waals surface area contributed by atoms with Crippen molar-refractivity contribution in [3.63, 3.8) is 0 Å². The van der Waals surface area contributed by atoms with E-state index in [0.717, 1.165) is 5.56 Å². The van der Waals surface area contributed by atoms with Gasteiger partial charge in [0.25, 0.3) is 0 Å². The van der Waals surface area contributed by atoms with Crippen LogP contribution in [0.5, 0.6) is 0 Å². The van der Waals surface area contributed by atoms with Crippen molar-refractivity contribution in [1.29, 1.82) is 0 Å². The number of hydrogen-bond donors (Lipinski definition) is 0. The fourth-order valence-corrected chi connectivity index (χ4v) is 1.66. The number of aromatic nitrogens is 3. The van der Waals surface area contributed by atoms with Gasteiger partial charge < -0.3 is 9.30 Å². The summed E-state index contributed by atoms with van der Waals surface area (Å²) >= 11 is 5.71. The van der Waals surface area contributed by atoms with Gasteiger partial charge in [-0.1, -0.05) is 0 Å². The van der Waals surface area contributed by atoms with Crippen molar-refractivity contribution in [2.75, 3.05) is 7.11 Å². The van der Waals surface area contributed by atoms with Crippen LogP contribution in [0.3, 0.4) is 0 Å². The Bertz CT molecular complexity index is 566. The fraction of sp³-hybridized carbons (Fsp3) is 0.182. The first-order valence-corrected chi connectivity index (χ1v) is 5.23. The summed E-state index contributed by atoms with van der Waals surface area (Å²) in [5.74, 6) is -0.390. The van der Waals surface area contributed by atoms with Gasteiger partial charge in [0.05, 0.1) is 12.8 Å². The lowest BCUT2D eigenvalue weighted by Gasteiger charge is -1.98. The lowest BCUT2D eigenvalue weighted by molar-refractivity contribution is 0.0590. The van der Waals surface area contributed by atoms with Crippen LogP contribution in [0.4, 0.5) is 0 Å². The average molecular weight is 252 g/mol. The number of esters is 1. The molecular weight excluding hydrogens is 242 g/mol. The molecule has 88 valence electrons. The number of carbonyl (C=O) groups excluding carboxylic acids is 1. The lowest BCUT2D eigenvalue weighted by Crippen LogP contribution is -2.06. The highest BCUT2D eigenvalue weighted by molar-refractivity contribution is 6.28. The number of nitrogens with zero attached hydrogens (tertiary/aromatic N) is 3. The SMILES string of the molecule is COC(=O)c1cc(-c2ccnc(Cl)n2)cn1C. The van der Waals surface area contributed by atoms with Gasteiger partial charge in [-0.15, -0.1) is 0 Å². The van der Waals surface area contributed by atoms with Crippen molar-refractivity contribution in [2.45, 2.75) is 0 Å². The van der Waals surface area contributed by atoms with Crippen molar-refractivity contribution >= 4 is 17.6 Å². The maximum atomic E-state index is 11.4. The van der Waals surface area contributed by atoms with Gasteiger partial charge in [-0.3, -0.25) is 0 Å². The summed E-state index contributed by atoms with van der Waals surface area (Å²) in [5, 5.41) is 0.172. The van der Waals surface area contributed by atoms with E-state index in [9.17, 15) is 4.79 Å². The molecule has 0 aromatic carbocycles. The molecule has 0 atom stereocenters. The molecule has 2 aromatic rings. The van der Waals surface area contributed by atoms with E-state index in [-0.39, 0.29) is 11.3 Å². The van der Waals surface area contributed by atoms with Crippen molar-refractivity contribution in [2.24, 2.45) is 7.05 Å². The number of methoxy groups -OCH3 is 1. The molecule has 0 unspecified atom stereocenters. The number of rotatable bonds is 2. The standard InChI is InChI=1S/C11H10ClN3O2/c1-15-6-7(5-9(15)10(16)17-2)8-3-4-13-11(12)14-8/h3-6H,1-2H3. The molecule has 0 aliphatic rings. The Morgan fingerprint density at radius 3 is 2.94 bits per heavy atom. The first-order valence-electron chi connectivity index (χ1n) is 4.85. The molecule has 5 nitrogen and oxygen atoms in total. The third kappa shape index (κ3) is 2.29. The number of hydrogen-bond acceptors (Lipinski definition) is 4. The molecule has 0 radical (unpaired) electrons. The van der Waals surface area contributed by atoms with E-state index >= 15 is 0 Å². The Morgan fingerprint density at radius 1 is 1.53 bits per heavy atom. The molecule has 2 heterocycles. The Morgan fingerprint density at radius 2 is 2.29 bits per heavy atom. The molecule has 0 spiro atoms.